The van der Waals surface area contributed by atoms with Crippen molar-refractivity contribution in [2.75, 3.05) is 19.8 Å². The molecule has 1 unspecified atom stereocenters. The molecule has 1 aromatic rings. The first-order chi connectivity index (χ1) is 9.31. The third-order valence-electron chi connectivity index (χ3n) is 3.32. The molecule has 0 saturated carbocycles. The van der Waals surface area contributed by atoms with Gasteiger partial charge < -0.3 is 14.8 Å². The van der Waals surface area contributed by atoms with Crippen molar-refractivity contribution in [3.8, 4) is 5.75 Å². The molecule has 106 valence electrons. The van der Waals surface area contributed by atoms with E-state index < -0.39 is 0 Å². The Balaban J connectivity index is 1.89. The van der Waals surface area contributed by atoms with Gasteiger partial charge in [-0.15, -0.1) is 0 Å². The molecule has 0 aliphatic carbocycles. The number of rotatable bonds is 7. The smallest absolute Gasteiger partial charge is 0.142 e. The van der Waals surface area contributed by atoms with E-state index in [0.29, 0.717) is 17.7 Å². The lowest BCUT2D eigenvalue weighted by Gasteiger charge is -2.15. The monoisotopic (exact) mass is 283 g/mol. The molecular formula is C15H22ClNO2. The van der Waals surface area contributed by atoms with E-state index in [1.807, 2.05) is 12.1 Å². The molecule has 2 rings (SSSR count). The number of hydrogen-bond donors (Lipinski definition) is 1. The lowest BCUT2D eigenvalue weighted by molar-refractivity contribution is 0.0902. The first-order valence-corrected chi connectivity index (χ1v) is 7.41. The topological polar surface area (TPSA) is 30.5 Å². The SMILES string of the molecule is CCNCc1cccc(Cl)c1OCCC1CCCO1. The predicted octanol–water partition coefficient (Wildman–Crippen LogP) is 3.40. The van der Waals surface area contributed by atoms with Gasteiger partial charge in [-0.1, -0.05) is 30.7 Å². The Kier molecular flexibility index (Phi) is 5.95. The van der Waals surface area contributed by atoms with Crippen LogP contribution in [0.3, 0.4) is 0 Å². The largest absolute Gasteiger partial charge is 0.492 e. The second-order valence-electron chi connectivity index (χ2n) is 4.78. The van der Waals surface area contributed by atoms with Crippen molar-refractivity contribution >= 4 is 11.6 Å². The number of ether oxygens (including phenoxy) is 2. The van der Waals surface area contributed by atoms with Gasteiger partial charge in [0, 0.05) is 25.1 Å². The molecule has 0 radical (unpaired) electrons. The minimum absolute atomic E-state index is 0.361. The van der Waals surface area contributed by atoms with Gasteiger partial charge in [0.1, 0.15) is 5.75 Å². The van der Waals surface area contributed by atoms with Gasteiger partial charge in [-0.2, -0.15) is 0 Å². The Morgan fingerprint density at radius 3 is 3.11 bits per heavy atom. The van der Waals surface area contributed by atoms with Crippen LogP contribution < -0.4 is 10.1 Å². The summed E-state index contributed by atoms with van der Waals surface area (Å²) in [5.74, 6) is 0.808. The number of nitrogens with one attached hydrogen (secondary N) is 1. The average Bonchev–Trinajstić information content (AvgIpc) is 2.92. The van der Waals surface area contributed by atoms with Crippen LogP contribution in [0.5, 0.6) is 5.75 Å². The molecule has 19 heavy (non-hydrogen) atoms. The minimum atomic E-state index is 0.361. The highest BCUT2D eigenvalue weighted by Crippen LogP contribution is 2.29. The maximum Gasteiger partial charge on any atom is 0.142 e. The van der Waals surface area contributed by atoms with Crippen LogP contribution >= 0.6 is 11.6 Å². The molecule has 3 nitrogen and oxygen atoms in total. The van der Waals surface area contributed by atoms with Gasteiger partial charge in [0.05, 0.1) is 17.7 Å². The van der Waals surface area contributed by atoms with Crippen LogP contribution in [-0.2, 0) is 11.3 Å². The van der Waals surface area contributed by atoms with E-state index in [9.17, 15) is 0 Å². The Bertz CT molecular complexity index is 392. The summed E-state index contributed by atoms with van der Waals surface area (Å²) >= 11 is 6.22. The molecule has 0 bridgehead atoms. The van der Waals surface area contributed by atoms with Crippen LogP contribution in [0.4, 0.5) is 0 Å². The molecule has 0 spiro atoms. The van der Waals surface area contributed by atoms with Gasteiger partial charge in [-0.05, 0) is 25.5 Å². The lowest BCUT2D eigenvalue weighted by Crippen LogP contribution is -2.15. The fourth-order valence-corrected chi connectivity index (χ4v) is 2.53. The molecule has 1 atom stereocenters. The number of halogens is 1. The van der Waals surface area contributed by atoms with Crippen LogP contribution in [0.15, 0.2) is 18.2 Å². The van der Waals surface area contributed by atoms with Crippen molar-refractivity contribution in [3.63, 3.8) is 0 Å². The quantitative estimate of drug-likeness (QED) is 0.832. The molecular weight excluding hydrogens is 262 g/mol. The number of benzene rings is 1. The summed E-state index contributed by atoms with van der Waals surface area (Å²) in [6.07, 6.45) is 3.62. The van der Waals surface area contributed by atoms with Gasteiger partial charge in [-0.25, -0.2) is 0 Å². The normalized spacial score (nSPS) is 18.7. The van der Waals surface area contributed by atoms with E-state index in [-0.39, 0.29) is 0 Å². The molecule has 0 amide bonds. The molecule has 1 heterocycles. The first-order valence-electron chi connectivity index (χ1n) is 7.03. The third kappa shape index (κ3) is 4.37. The zero-order valence-electron chi connectivity index (χ0n) is 11.5. The van der Waals surface area contributed by atoms with Gasteiger partial charge in [0.25, 0.3) is 0 Å². The van der Waals surface area contributed by atoms with E-state index in [2.05, 4.69) is 18.3 Å². The standard InChI is InChI=1S/C15H22ClNO2/c1-2-17-11-12-5-3-7-14(16)15(12)19-10-8-13-6-4-9-18-13/h3,5,7,13,17H,2,4,6,8-11H2,1H3. The van der Waals surface area contributed by atoms with Gasteiger partial charge in [0.15, 0.2) is 0 Å². The maximum atomic E-state index is 6.22. The highest BCUT2D eigenvalue weighted by Gasteiger charge is 2.16. The number of hydrogen-bond acceptors (Lipinski definition) is 3. The van der Waals surface area contributed by atoms with Crippen molar-refractivity contribution in [1.82, 2.24) is 5.32 Å². The number of para-hydroxylation sites is 1. The average molecular weight is 284 g/mol. The zero-order chi connectivity index (χ0) is 13.5. The summed E-state index contributed by atoms with van der Waals surface area (Å²) in [6, 6.07) is 5.89. The van der Waals surface area contributed by atoms with E-state index in [4.69, 9.17) is 21.1 Å². The predicted molar refractivity (Wildman–Crippen MR) is 77.9 cm³/mol. The summed E-state index contributed by atoms with van der Waals surface area (Å²) in [5, 5.41) is 3.98. The summed E-state index contributed by atoms with van der Waals surface area (Å²) < 4.78 is 11.5. The zero-order valence-corrected chi connectivity index (χ0v) is 12.2. The Morgan fingerprint density at radius 2 is 2.37 bits per heavy atom. The second-order valence-corrected chi connectivity index (χ2v) is 5.19. The highest BCUT2D eigenvalue weighted by atomic mass is 35.5. The summed E-state index contributed by atoms with van der Waals surface area (Å²) in [5.41, 5.74) is 1.11. The maximum absolute atomic E-state index is 6.22. The Morgan fingerprint density at radius 1 is 1.47 bits per heavy atom. The van der Waals surface area contributed by atoms with Crippen LogP contribution in [0.2, 0.25) is 5.02 Å². The van der Waals surface area contributed by atoms with E-state index >= 15 is 0 Å². The molecule has 1 aliphatic rings. The molecule has 4 heteroatoms. The van der Waals surface area contributed by atoms with E-state index in [0.717, 1.165) is 43.9 Å². The molecule has 1 N–H and O–H groups in total. The van der Waals surface area contributed by atoms with Crippen LogP contribution in [0.25, 0.3) is 0 Å². The van der Waals surface area contributed by atoms with Crippen LogP contribution in [0, 0.1) is 0 Å². The van der Waals surface area contributed by atoms with Gasteiger partial charge in [0.2, 0.25) is 0 Å². The van der Waals surface area contributed by atoms with E-state index in [1.54, 1.807) is 0 Å². The molecule has 1 aromatic carbocycles. The van der Waals surface area contributed by atoms with E-state index in [1.165, 1.54) is 6.42 Å². The Hall–Kier alpha value is -0.770. The van der Waals surface area contributed by atoms with Gasteiger partial charge >= 0.3 is 0 Å². The van der Waals surface area contributed by atoms with Crippen LogP contribution in [-0.4, -0.2) is 25.9 Å². The van der Waals surface area contributed by atoms with Crippen molar-refractivity contribution in [3.05, 3.63) is 28.8 Å². The molecule has 1 saturated heterocycles. The van der Waals surface area contributed by atoms with Crippen LogP contribution in [0.1, 0.15) is 31.7 Å². The fraction of sp³-hybridized carbons (Fsp3) is 0.600. The molecule has 1 aliphatic heterocycles. The molecule has 1 fully saturated rings. The van der Waals surface area contributed by atoms with Crippen molar-refractivity contribution in [1.29, 1.82) is 0 Å². The summed E-state index contributed by atoms with van der Waals surface area (Å²) in [6.45, 7) is 5.35. The molecule has 0 aromatic heterocycles. The Labute approximate surface area is 120 Å². The summed E-state index contributed by atoms with van der Waals surface area (Å²) in [4.78, 5) is 0. The summed E-state index contributed by atoms with van der Waals surface area (Å²) in [7, 11) is 0. The first kappa shape index (κ1) is 14.6. The van der Waals surface area contributed by atoms with Crippen molar-refractivity contribution in [2.24, 2.45) is 0 Å². The minimum Gasteiger partial charge on any atom is -0.492 e. The lowest BCUT2D eigenvalue weighted by atomic mass is 10.2. The van der Waals surface area contributed by atoms with Crippen molar-refractivity contribution in [2.45, 2.75) is 38.8 Å². The van der Waals surface area contributed by atoms with Gasteiger partial charge in [-0.3, -0.25) is 0 Å². The van der Waals surface area contributed by atoms with Crippen molar-refractivity contribution < 1.29 is 9.47 Å². The fourth-order valence-electron chi connectivity index (χ4n) is 2.28. The third-order valence-corrected chi connectivity index (χ3v) is 3.62. The highest BCUT2D eigenvalue weighted by molar-refractivity contribution is 6.32. The second kappa shape index (κ2) is 7.73.